The molecule has 0 radical (unpaired) electrons. The van der Waals surface area contributed by atoms with Gasteiger partial charge in [-0.25, -0.2) is 0 Å². The predicted octanol–water partition coefficient (Wildman–Crippen LogP) is 1.69. The van der Waals surface area contributed by atoms with Crippen LogP contribution in [0.15, 0.2) is 22.6 Å². The highest BCUT2D eigenvalue weighted by atomic mass is 16.5. The van der Waals surface area contributed by atoms with Gasteiger partial charge in [0.05, 0.1) is 18.8 Å². The molecule has 1 amide bonds. The van der Waals surface area contributed by atoms with Gasteiger partial charge in [-0.2, -0.15) is 4.98 Å². The summed E-state index contributed by atoms with van der Waals surface area (Å²) in [5, 5.41) is 0. The van der Waals surface area contributed by atoms with Crippen molar-refractivity contribution in [2.75, 3.05) is 24.7 Å². The Hall–Kier alpha value is -2.08. The highest BCUT2D eigenvalue weighted by Crippen LogP contribution is 2.38. The van der Waals surface area contributed by atoms with Crippen molar-refractivity contribution in [1.29, 1.82) is 0 Å². The first-order valence-corrected chi connectivity index (χ1v) is 7.24. The zero-order chi connectivity index (χ0) is 14.4. The molecule has 0 saturated carbocycles. The Morgan fingerprint density at radius 2 is 2.19 bits per heavy atom. The molecule has 2 N–H and O–H groups in total. The first-order chi connectivity index (χ1) is 10.2. The summed E-state index contributed by atoms with van der Waals surface area (Å²) in [6.45, 7) is 2.40. The van der Waals surface area contributed by atoms with Gasteiger partial charge in [0.2, 0.25) is 5.91 Å². The lowest BCUT2D eigenvalue weighted by atomic mass is 9.85. The third-order valence-corrected chi connectivity index (χ3v) is 4.48. The summed E-state index contributed by atoms with van der Waals surface area (Å²) in [6.07, 6.45) is 3.46. The van der Waals surface area contributed by atoms with E-state index >= 15 is 0 Å². The maximum Gasteiger partial charge on any atom is 0.299 e. The van der Waals surface area contributed by atoms with E-state index in [1.807, 2.05) is 0 Å². The van der Waals surface area contributed by atoms with Crippen LogP contribution in [0.1, 0.15) is 29.6 Å². The fraction of sp³-hybridized carbons (Fsp3) is 0.467. The average molecular weight is 287 g/mol. The highest BCUT2D eigenvalue weighted by Gasteiger charge is 2.47. The molecule has 6 nitrogen and oxygen atoms in total. The molecule has 6 heteroatoms. The van der Waals surface area contributed by atoms with Crippen molar-refractivity contribution in [2.45, 2.75) is 24.8 Å². The molecule has 0 bridgehead atoms. The second-order valence-electron chi connectivity index (χ2n) is 5.87. The minimum Gasteiger partial charge on any atom is -0.423 e. The van der Waals surface area contributed by atoms with Crippen molar-refractivity contribution in [3.63, 3.8) is 0 Å². The van der Waals surface area contributed by atoms with Gasteiger partial charge in [0.15, 0.2) is 5.58 Å². The number of aromatic nitrogens is 1. The number of benzene rings is 1. The molecule has 2 aliphatic heterocycles. The van der Waals surface area contributed by atoms with E-state index in [4.69, 9.17) is 14.9 Å². The summed E-state index contributed by atoms with van der Waals surface area (Å²) < 4.78 is 11.3. The molecule has 2 fully saturated rings. The molecule has 0 atom stereocenters. The van der Waals surface area contributed by atoms with Crippen LogP contribution in [0, 0.1) is 0 Å². The van der Waals surface area contributed by atoms with Crippen LogP contribution in [-0.2, 0) is 4.74 Å². The van der Waals surface area contributed by atoms with Crippen LogP contribution < -0.4 is 10.6 Å². The van der Waals surface area contributed by atoms with Gasteiger partial charge in [-0.15, -0.1) is 0 Å². The van der Waals surface area contributed by atoms with E-state index in [1.165, 1.54) is 6.42 Å². The zero-order valence-electron chi connectivity index (χ0n) is 11.7. The minimum atomic E-state index is -0.455. The number of hydrogen-bond donors (Lipinski definition) is 1. The van der Waals surface area contributed by atoms with Crippen molar-refractivity contribution in [3.8, 4) is 0 Å². The van der Waals surface area contributed by atoms with Gasteiger partial charge < -0.3 is 19.8 Å². The summed E-state index contributed by atoms with van der Waals surface area (Å²) in [5.74, 6) is -0.455. The molecule has 3 heterocycles. The Morgan fingerprint density at radius 3 is 2.90 bits per heavy atom. The molecule has 2 saturated heterocycles. The topological polar surface area (TPSA) is 81.6 Å². The molecule has 2 aromatic rings. The summed E-state index contributed by atoms with van der Waals surface area (Å²) in [6, 6.07) is 5.71. The van der Waals surface area contributed by atoms with E-state index in [-0.39, 0.29) is 5.54 Å². The van der Waals surface area contributed by atoms with Crippen LogP contribution in [0.4, 0.5) is 6.01 Å². The van der Waals surface area contributed by atoms with Crippen LogP contribution in [0.5, 0.6) is 0 Å². The lowest BCUT2D eigenvalue weighted by Crippen LogP contribution is -2.64. The van der Waals surface area contributed by atoms with Crippen molar-refractivity contribution >= 4 is 23.0 Å². The van der Waals surface area contributed by atoms with E-state index in [0.717, 1.165) is 32.6 Å². The van der Waals surface area contributed by atoms with E-state index < -0.39 is 5.91 Å². The number of nitrogens with zero attached hydrogens (tertiary/aromatic N) is 2. The summed E-state index contributed by atoms with van der Waals surface area (Å²) in [5.41, 5.74) is 7.14. The molecule has 110 valence electrons. The first-order valence-electron chi connectivity index (χ1n) is 7.24. The van der Waals surface area contributed by atoms with Gasteiger partial charge in [0.25, 0.3) is 6.01 Å². The maximum absolute atomic E-state index is 11.2. The third-order valence-electron chi connectivity index (χ3n) is 4.48. The number of fused-ring (bicyclic) bond motifs is 1. The van der Waals surface area contributed by atoms with Crippen molar-refractivity contribution in [2.24, 2.45) is 5.73 Å². The standard InChI is InChI=1S/C15H17N3O3/c16-13(19)10-3-4-12-11(7-10)17-14(21-12)18-6-2-1-5-15(18)8-20-9-15/h3-4,7H,1-2,5-6,8-9H2,(H2,16,19). The second-order valence-corrected chi connectivity index (χ2v) is 5.87. The molecule has 2 aliphatic rings. The van der Waals surface area contributed by atoms with Gasteiger partial charge in [0.1, 0.15) is 5.52 Å². The molecule has 0 aliphatic carbocycles. The largest absolute Gasteiger partial charge is 0.423 e. The number of rotatable bonds is 2. The number of hydrogen-bond acceptors (Lipinski definition) is 5. The van der Waals surface area contributed by atoms with Crippen molar-refractivity contribution < 1.29 is 13.9 Å². The fourth-order valence-electron chi connectivity index (χ4n) is 3.22. The van der Waals surface area contributed by atoms with E-state index in [9.17, 15) is 4.79 Å². The molecule has 4 rings (SSSR count). The number of amides is 1. The highest BCUT2D eigenvalue weighted by molar-refractivity contribution is 5.96. The number of primary amides is 1. The van der Waals surface area contributed by atoms with Gasteiger partial charge >= 0.3 is 0 Å². The lowest BCUT2D eigenvalue weighted by molar-refractivity contribution is -0.0701. The molecular formula is C15H17N3O3. The number of nitrogens with two attached hydrogens (primary N) is 1. The minimum absolute atomic E-state index is 0.0473. The van der Waals surface area contributed by atoms with E-state index in [2.05, 4.69) is 9.88 Å². The summed E-state index contributed by atoms with van der Waals surface area (Å²) in [7, 11) is 0. The van der Waals surface area contributed by atoms with Gasteiger partial charge in [-0.1, -0.05) is 0 Å². The van der Waals surface area contributed by atoms with Crippen molar-refractivity contribution in [3.05, 3.63) is 23.8 Å². The molecule has 21 heavy (non-hydrogen) atoms. The Morgan fingerprint density at radius 1 is 1.33 bits per heavy atom. The Bertz CT molecular complexity index is 705. The zero-order valence-corrected chi connectivity index (χ0v) is 11.7. The first kappa shape index (κ1) is 12.6. The quantitative estimate of drug-likeness (QED) is 0.909. The van der Waals surface area contributed by atoms with Crippen LogP contribution in [0.3, 0.4) is 0 Å². The number of anilines is 1. The Balaban J connectivity index is 1.74. The molecule has 1 aromatic carbocycles. The molecular weight excluding hydrogens is 270 g/mol. The van der Waals surface area contributed by atoms with Gasteiger partial charge in [-0.3, -0.25) is 4.79 Å². The Labute approximate surface area is 121 Å². The number of oxazole rings is 1. The van der Waals surface area contributed by atoms with Crippen LogP contribution in [0.2, 0.25) is 0 Å². The number of piperidine rings is 1. The van der Waals surface area contributed by atoms with Gasteiger partial charge in [-0.05, 0) is 37.5 Å². The summed E-state index contributed by atoms with van der Waals surface area (Å²) >= 11 is 0. The molecule has 1 aromatic heterocycles. The van der Waals surface area contributed by atoms with Crippen LogP contribution in [0.25, 0.3) is 11.1 Å². The smallest absolute Gasteiger partial charge is 0.299 e. The average Bonchev–Trinajstić information content (AvgIpc) is 2.88. The molecule has 0 unspecified atom stereocenters. The Kier molecular flexibility index (Phi) is 2.68. The monoisotopic (exact) mass is 287 g/mol. The van der Waals surface area contributed by atoms with Crippen LogP contribution in [-0.4, -0.2) is 36.2 Å². The van der Waals surface area contributed by atoms with Crippen LogP contribution >= 0.6 is 0 Å². The second kappa shape index (κ2) is 4.46. The van der Waals surface area contributed by atoms with E-state index in [0.29, 0.717) is 22.7 Å². The van der Waals surface area contributed by atoms with Gasteiger partial charge in [0, 0.05) is 12.1 Å². The molecule has 1 spiro atoms. The van der Waals surface area contributed by atoms with Crippen molar-refractivity contribution in [1.82, 2.24) is 4.98 Å². The summed E-state index contributed by atoms with van der Waals surface area (Å²) in [4.78, 5) is 18.0. The fourth-order valence-corrected chi connectivity index (χ4v) is 3.22. The van der Waals surface area contributed by atoms with E-state index in [1.54, 1.807) is 18.2 Å². The SMILES string of the molecule is NC(=O)c1ccc2oc(N3CCCCC34COC4)nc2c1. The third kappa shape index (κ3) is 1.90. The lowest BCUT2D eigenvalue weighted by Gasteiger charge is -2.51. The number of ether oxygens (including phenoxy) is 1. The number of carbonyl (C=O) groups is 1. The maximum atomic E-state index is 11.2. The number of carbonyl (C=O) groups excluding carboxylic acids is 1. The normalized spacial score (nSPS) is 20.7. The predicted molar refractivity (Wildman–Crippen MR) is 77.3 cm³/mol.